The van der Waals surface area contributed by atoms with Crippen LogP contribution in [0.1, 0.15) is 31.2 Å². The maximum atomic E-state index is 12.6. The van der Waals surface area contributed by atoms with E-state index in [0.717, 1.165) is 31.5 Å². The summed E-state index contributed by atoms with van der Waals surface area (Å²) < 4.78 is 0. The molecule has 0 unspecified atom stereocenters. The highest BCUT2D eigenvalue weighted by atomic mass is 16.2. The number of urea groups is 1. The summed E-state index contributed by atoms with van der Waals surface area (Å²) in [5.41, 5.74) is 6.42. The van der Waals surface area contributed by atoms with Crippen molar-refractivity contribution in [2.45, 2.75) is 32.2 Å². The van der Waals surface area contributed by atoms with Crippen LogP contribution in [0.5, 0.6) is 0 Å². The molecular weight excluding hydrogens is 266 g/mol. The van der Waals surface area contributed by atoms with E-state index in [4.69, 9.17) is 11.1 Å². The third kappa shape index (κ3) is 4.73. The van der Waals surface area contributed by atoms with Crippen molar-refractivity contribution < 1.29 is 4.79 Å². The Hall–Kier alpha value is -2.11. The van der Waals surface area contributed by atoms with Crippen molar-refractivity contribution in [3.8, 4) is 0 Å². The molecule has 1 aliphatic heterocycles. The Bertz CT molecular complexity index is 470. The fraction of sp³-hybridized carbons (Fsp3) is 0.533. The number of pyridine rings is 1. The van der Waals surface area contributed by atoms with Crippen LogP contribution in [0.4, 0.5) is 4.79 Å². The number of carbonyl (C=O) groups excluding carboxylic acids is 1. The molecule has 0 saturated carbocycles. The van der Waals surface area contributed by atoms with Crippen LogP contribution in [-0.4, -0.2) is 46.3 Å². The number of nitrogens with two attached hydrogens (primary N) is 1. The van der Waals surface area contributed by atoms with Gasteiger partial charge in [0.1, 0.15) is 0 Å². The minimum atomic E-state index is 0.0415. The molecule has 3 N–H and O–H groups in total. The van der Waals surface area contributed by atoms with Crippen LogP contribution in [-0.2, 0) is 6.54 Å². The second kappa shape index (κ2) is 7.61. The molecule has 1 aromatic heterocycles. The molecule has 0 radical (unpaired) electrons. The molecule has 0 atom stereocenters. The molecule has 2 heterocycles. The number of rotatable bonds is 5. The summed E-state index contributed by atoms with van der Waals surface area (Å²) in [4.78, 5) is 20.4. The molecule has 1 saturated heterocycles. The highest BCUT2D eigenvalue weighted by molar-refractivity contribution is 5.79. The van der Waals surface area contributed by atoms with Crippen LogP contribution >= 0.6 is 0 Å². The minimum absolute atomic E-state index is 0.0415. The van der Waals surface area contributed by atoms with Gasteiger partial charge in [-0.15, -0.1) is 0 Å². The number of nitrogens with zero attached hydrogens (tertiary/aromatic N) is 3. The molecule has 114 valence electrons. The molecule has 1 aliphatic rings. The van der Waals surface area contributed by atoms with Gasteiger partial charge in [0.2, 0.25) is 0 Å². The number of hydrogen-bond donors (Lipinski definition) is 2. The lowest BCUT2D eigenvalue weighted by Gasteiger charge is -2.33. The predicted octanol–water partition coefficient (Wildman–Crippen LogP) is 1.82. The first-order valence-corrected chi connectivity index (χ1v) is 7.42. The number of nitrogens with one attached hydrogen (secondary N) is 1. The summed E-state index contributed by atoms with van der Waals surface area (Å²) >= 11 is 0. The van der Waals surface area contributed by atoms with E-state index in [1.807, 2.05) is 17.0 Å². The van der Waals surface area contributed by atoms with Gasteiger partial charge in [-0.1, -0.05) is 6.07 Å². The van der Waals surface area contributed by atoms with E-state index >= 15 is 0 Å². The van der Waals surface area contributed by atoms with Crippen LogP contribution in [0.15, 0.2) is 24.5 Å². The Morgan fingerprint density at radius 1 is 1.38 bits per heavy atom. The minimum Gasteiger partial charge on any atom is -0.388 e. The third-order valence-corrected chi connectivity index (χ3v) is 3.64. The van der Waals surface area contributed by atoms with Gasteiger partial charge >= 0.3 is 6.03 Å². The molecule has 0 bridgehead atoms. The van der Waals surface area contributed by atoms with Gasteiger partial charge < -0.3 is 15.5 Å². The zero-order chi connectivity index (χ0) is 15.1. The average molecular weight is 289 g/mol. The highest BCUT2D eigenvalue weighted by Gasteiger charge is 2.22. The summed E-state index contributed by atoms with van der Waals surface area (Å²) in [6.07, 6.45) is 7.22. The lowest BCUT2D eigenvalue weighted by Crippen LogP contribution is -2.46. The number of amides is 2. The van der Waals surface area contributed by atoms with E-state index < -0.39 is 0 Å². The highest BCUT2D eigenvalue weighted by Crippen LogP contribution is 2.13. The predicted molar refractivity (Wildman–Crippen MR) is 82.0 cm³/mol. The van der Waals surface area contributed by atoms with E-state index in [-0.39, 0.29) is 11.9 Å². The molecule has 0 aromatic carbocycles. The van der Waals surface area contributed by atoms with Crippen molar-refractivity contribution in [2.24, 2.45) is 5.73 Å². The summed E-state index contributed by atoms with van der Waals surface area (Å²) in [5, 5.41) is 7.37. The van der Waals surface area contributed by atoms with Crippen LogP contribution < -0.4 is 5.73 Å². The van der Waals surface area contributed by atoms with Gasteiger partial charge in [-0.25, -0.2) is 4.79 Å². The van der Waals surface area contributed by atoms with Gasteiger partial charge in [0.15, 0.2) is 0 Å². The average Bonchev–Trinajstić information content (AvgIpc) is 2.52. The van der Waals surface area contributed by atoms with Gasteiger partial charge in [0, 0.05) is 45.0 Å². The number of amidine groups is 1. The molecule has 0 spiro atoms. The van der Waals surface area contributed by atoms with Gasteiger partial charge in [0.05, 0.1) is 5.84 Å². The maximum Gasteiger partial charge on any atom is 0.320 e. The van der Waals surface area contributed by atoms with Gasteiger partial charge in [-0.05, 0) is 30.9 Å². The SMILES string of the molecule is N=C(N)CCN(Cc1cccnc1)C(=O)N1CCCCC1. The maximum absolute atomic E-state index is 12.6. The number of aromatic nitrogens is 1. The van der Waals surface area contributed by atoms with Crippen molar-refractivity contribution in [2.75, 3.05) is 19.6 Å². The second-order valence-corrected chi connectivity index (χ2v) is 5.39. The molecule has 1 fully saturated rings. The zero-order valence-electron chi connectivity index (χ0n) is 12.3. The number of hydrogen-bond acceptors (Lipinski definition) is 3. The largest absolute Gasteiger partial charge is 0.388 e. The molecule has 2 amide bonds. The van der Waals surface area contributed by atoms with Crippen LogP contribution in [0.25, 0.3) is 0 Å². The van der Waals surface area contributed by atoms with Crippen LogP contribution in [0, 0.1) is 5.41 Å². The molecule has 1 aromatic rings. The molecule has 21 heavy (non-hydrogen) atoms. The van der Waals surface area contributed by atoms with Crippen LogP contribution in [0.2, 0.25) is 0 Å². The van der Waals surface area contributed by atoms with Gasteiger partial charge in [0.25, 0.3) is 0 Å². The number of carbonyl (C=O) groups is 1. The molecular formula is C15H23N5O. The van der Waals surface area contributed by atoms with Gasteiger partial charge in [-0.3, -0.25) is 10.4 Å². The lowest BCUT2D eigenvalue weighted by atomic mass is 10.1. The first-order chi connectivity index (χ1) is 10.2. The molecule has 6 heteroatoms. The third-order valence-electron chi connectivity index (χ3n) is 3.64. The topological polar surface area (TPSA) is 86.3 Å². The van der Waals surface area contributed by atoms with Crippen molar-refractivity contribution in [1.29, 1.82) is 5.41 Å². The molecule has 2 rings (SSSR count). The van der Waals surface area contributed by atoms with Crippen molar-refractivity contribution in [3.63, 3.8) is 0 Å². The van der Waals surface area contributed by atoms with Crippen LogP contribution in [0.3, 0.4) is 0 Å². The Morgan fingerprint density at radius 2 is 2.14 bits per heavy atom. The smallest absolute Gasteiger partial charge is 0.320 e. The monoisotopic (exact) mass is 289 g/mol. The first kappa shape index (κ1) is 15.3. The molecule has 6 nitrogen and oxygen atoms in total. The van der Waals surface area contributed by atoms with E-state index in [9.17, 15) is 4.79 Å². The van der Waals surface area contributed by atoms with E-state index in [0.29, 0.717) is 19.5 Å². The Labute approximate surface area is 125 Å². The van der Waals surface area contributed by atoms with E-state index in [2.05, 4.69) is 4.98 Å². The molecule has 0 aliphatic carbocycles. The summed E-state index contributed by atoms with van der Waals surface area (Å²) in [6.45, 7) is 2.63. The summed E-state index contributed by atoms with van der Waals surface area (Å²) in [7, 11) is 0. The fourth-order valence-corrected chi connectivity index (χ4v) is 2.49. The quantitative estimate of drug-likeness (QED) is 0.640. The van der Waals surface area contributed by atoms with E-state index in [1.165, 1.54) is 6.42 Å². The lowest BCUT2D eigenvalue weighted by molar-refractivity contribution is 0.142. The van der Waals surface area contributed by atoms with Gasteiger partial charge in [-0.2, -0.15) is 0 Å². The summed E-state index contributed by atoms with van der Waals surface area (Å²) in [5.74, 6) is 0.109. The number of likely N-dealkylation sites (tertiary alicyclic amines) is 1. The summed E-state index contributed by atoms with van der Waals surface area (Å²) in [6, 6.07) is 3.86. The Morgan fingerprint density at radius 3 is 2.76 bits per heavy atom. The Balaban J connectivity index is 2.03. The first-order valence-electron chi connectivity index (χ1n) is 7.42. The van der Waals surface area contributed by atoms with E-state index in [1.54, 1.807) is 17.3 Å². The van der Waals surface area contributed by atoms with Crippen molar-refractivity contribution >= 4 is 11.9 Å². The van der Waals surface area contributed by atoms with Crippen molar-refractivity contribution in [1.82, 2.24) is 14.8 Å². The number of piperidine rings is 1. The fourth-order valence-electron chi connectivity index (χ4n) is 2.49. The zero-order valence-corrected chi connectivity index (χ0v) is 12.3. The van der Waals surface area contributed by atoms with Crippen molar-refractivity contribution in [3.05, 3.63) is 30.1 Å². The normalized spacial score (nSPS) is 14.8. The standard InChI is InChI=1S/C15H23N5O/c16-14(17)6-10-20(12-13-5-4-7-18-11-13)15(21)19-8-2-1-3-9-19/h4-5,7,11H,1-3,6,8-10,12H2,(H3,16,17). The second-order valence-electron chi connectivity index (χ2n) is 5.39. The Kier molecular flexibility index (Phi) is 5.54.